The van der Waals surface area contributed by atoms with Crippen molar-refractivity contribution in [3.05, 3.63) is 46.2 Å². The maximum Gasteiger partial charge on any atom is 0.451 e. The summed E-state index contributed by atoms with van der Waals surface area (Å²) < 4.78 is 39.0. The van der Waals surface area contributed by atoms with E-state index in [0.29, 0.717) is 10.8 Å². The molecule has 126 valence electrons. The van der Waals surface area contributed by atoms with Crippen LogP contribution in [0.5, 0.6) is 0 Å². The molecule has 0 saturated heterocycles. The minimum atomic E-state index is -4.52. The van der Waals surface area contributed by atoms with Gasteiger partial charge < -0.3 is 4.57 Å². The molecule has 24 heavy (non-hydrogen) atoms. The number of thioether (sulfide) groups is 1. The van der Waals surface area contributed by atoms with E-state index < -0.39 is 12.0 Å². The molecule has 0 aliphatic heterocycles. The highest BCUT2D eigenvalue weighted by Crippen LogP contribution is 2.33. The van der Waals surface area contributed by atoms with Crippen LogP contribution >= 0.6 is 34.7 Å². The molecular formula is C14H10ClF3N4S2. The van der Waals surface area contributed by atoms with Crippen LogP contribution in [0, 0.1) is 0 Å². The zero-order valence-electron chi connectivity index (χ0n) is 12.2. The van der Waals surface area contributed by atoms with E-state index in [4.69, 9.17) is 11.6 Å². The van der Waals surface area contributed by atoms with Crippen molar-refractivity contribution < 1.29 is 13.2 Å². The van der Waals surface area contributed by atoms with Gasteiger partial charge in [0.1, 0.15) is 5.01 Å². The molecule has 2 aromatic heterocycles. The fraction of sp³-hybridized carbons (Fsp3) is 0.214. The van der Waals surface area contributed by atoms with Crippen LogP contribution in [0.2, 0.25) is 5.02 Å². The summed E-state index contributed by atoms with van der Waals surface area (Å²) in [6.07, 6.45) is -4.52. The van der Waals surface area contributed by atoms with Crippen molar-refractivity contribution in [3.8, 4) is 10.6 Å². The topological polar surface area (TPSA) is 43.6 Å². The number of benzene rings is 1. The van der Waals surface area contributed by atoms with Crippen LogP contribution in [0.4, 0.5) is 13.2 Å². The molecule has 0 spiro atoms. The van der Waals surface area contributed by atoms with Gasteiger partial charge in [-0.05, 0) is 6.07 Å². The van der Waals surface area contributed by atoms with Crippen molar-refractivity contribution in [2.45, 2.75) is 17.1 Å². The SMILES string of the molecule is Cn1c(SCc2csc(-c3ccccc3Cl)n2)nnc1C(F)(F)F. The molecule has 0 amide bonds. The standard InChI is InChI=1S/C14H10ClF3N4S2/c1-22-12(14(16,17)18)20-21-13(22)24-7-8-6-23-11(19-8)9-4-2-3-5-10(9)15/h2-6H,7H2,1H3. The number of nitrogens with zero attached hydrogens (tertiary/aromatic N) is 4. The van der Waals surface area contributed by atoms with Gasteiger partial charge >= 0.3 is 6.18 Å². The summed E-state index contributed by atoms with van der Waals surface area (Å²) in [4.78, 5) is 4.48. The monoisotopic (exact) mass is 390 g/mol. The van der Waals surface area contributed by atoms with E-state index in [0.717, 1.165) is 32.6 Å². The molecule has 0 radical (unpaired) electrons. The number of halogens is 4. The highest BCUT2D eigenvalue weighted by molar-refractivity contribution is 7.98. The molecular weight excluding hydrogens is 381 g/mol. The molecule has 2 heterocycles. The highest BCUT2D eigenvalue weighted by Gasteiger charge is 2.37. The Hall–Kier alpha value is -1.58. The fourth-order valence-corrected chi connectivity index (χ4v) is 4.01. The van der Waals surface area contributed by atoms with Crippen LogP contribution in [0.25, 0.3) is 10.6 Å². The number of aromatic nitrogens is 4. The molecule has 0 aliphatic carbocycles. The molecule has 0 fully saturated rings. The Labute approximate surface area is 148 Å². The summed E-state index contributed by atoms with van der Waals surface area (Å²) >= 11 is 8.72. The summed E-state index contributed by atoms with van der Waals surface area (Å²) in [6, 6.07) is 7.36. The number of thiazole rings is 1. The fourth-order valence-electron chi connectivity index (χ4n) is 1.96. The van der Waals surface area contributed by atoms with Crippen molar-refractivity contribution in [2.75, 3.05) is 0 Å². The summed E-state index contributed by atoms with van der Waals surface area (Å²) in [5.74, 6) is -0.620. The molecule has 3 aromatic rings. The Balaban J connectivity index is 1.73. The average Bonchev–Trinajstić information content (AvgIpc) is 3.12. The summed E-state index contributed by atoms with van der Waals surface area (Å²) in [5.41, 5.74) is 1.58. The Bertz CT molecular complexity index is 860. The van der Waals surface area contributed by atoms with Gasteiger partial charge in [0.05, 0.1) is 10.7 Å². The van der Waals surface area contributed by atoms with Crippen LogP contribution < -0.4 is 0 Å². The predicted molar refractivity (Wildman–Crippen MR) is 88.1 cm³/mol. The van der Waals surface area contributed by atoms with Crippen LogP contribution in [0.15, 0.2) is 34.8 Å². The van der Waals surface area contributed by atoms with Gasteiger partial charge in [0.2, 0.25) is 5.82 Å². The van der Waals surface area contributed by atoms with E-state index >= 15 is 0 Å². The van der Waals surface area contributed by atoms with Crippen LogP contribution in [0.1, 0.15) is 11.5 Å². The van der Waals surface area contributed by atoms with E-state index in [9.17, 15) is 13.2 Å². The smallest absolute Gasteiger partial charge is 0.302 e. The van der Waals surface area contributed by atoms with Gasteiger partial charge in [0, 0.05) is 23.7 Å². The van der Waals surface area contributed by atoms with Crippen molar-refractivity contribution in [1.82, 2.24) is 19.7 Å². The van der Waals surface area contributed by atoms with Gasteiger partial charge in [-0.2, -0.15) is 13.2 Å². The largest absolute Gasteiger partial charge is 0.451 e. The van der Waals surface area contributed by atoms with E-state index in [2.05, 4.69) is 15.2 Å². The Kier molecular flexibility index (Phi) is 4.84. The Morgan fingerprint density at radius 2 is 2.00 bits per heavy atom. The maximum absolute atomic E-state index is 12.7. The predicted octanol–water partition coefficient (Wildman–Crippen LogP) is 4.90. The van der Waals surface area contributed by atoms with Crippen LogP contribution in [-0.2, 0) is 19.0 Å². The maximum atomic E-state index is 12.7. The third-order valence-corrected chi connectivity index (χ3v) is 5.40. The summed E-state index contributed by atoms with van der Waals surface area (Å²) in [6.45, 7) is 0. The molecule has 4 nitrogen and oxygen atoms in total. The zero-order chi connectivity index (χ0) is 17.3. The minimum absolute atomic E-state index is 0.189. The molecule has 0 saturated carbocycles. The van der Waals surface area contributed by atoms with E-state index in [-0.39, 0.29) is 5.16 Å². The van der Waals surface area contributed by atoms with E-state index in [1.165, 1.54) is 18.4 Å². The number of hydrogen-bond donors (Lipinski definition) is 0. The van der Waals surface area contributed by atoms with Crippen LogP contribution in [0.3, 0.4) is 0 Å². The third kappa shape index (κ3) is 3.57. The van der Waals surface area contributed by atoms with Gasteiger partial charge in [0.15, 0.2) is 5.16 Å². The average molecular weight is 391 g/mol. The van der Waals surface area contributed by atoms with Gasteiger partial charge in [0.25, 0.3) is 0 Å². The van der Waals surface area contributed by atoms with Crippen molar-refractivity contribution in [2.24, 2.45) is 7.05 Å². The molecule has 1 aromatic carbocycles. The second-order valence-corrected chi connectivity index (χ2v) is 6.98. The summed E-state index contributed by atoms with van der Waals surface area (Å²) in [7, 11) is 1.29. The number of rotatable bonds is 4. The zero-order valence-corrected chi connectivity index (χ0v) is 14.6. The molecule has 0 N–H and O–H groups in total. The highest BCUT2D eigenvalue weighted by atomic mass is 35.5. The Morgan fingerprint density at radius 3 is 2.67 bits per heavy atom. The molecule has 3 rings (SSSR count). The molecule has 0 bridgehead atoms. The van der Waals surface area contributed by atoms with Gasteiger partial charge in [-0.25, -0.2) is 4.98 Å². The second kappa shape index (κ2) is 6.73. The Morgan fingerprint density at radius 1 is 1.25 bits per heavy atom. The first-order valence-electron chi connectivity index (χ1n) is 6.65. The van der Waals surface area contributed by atoms with Crippen molar-refractivity contribution >= 4 is 34.7 Å². The second-order valence-electron chi connectivity index (χ2n) is 4.78. The first kappa shape index (κ1) is 17.2. The minimum Gasteiger partial charge on any atom is -0.302 e. The number of hydrogen-bond acceptors (Lipinski definition) is 5. The molecule has 0 aliphatic rings. The lowest BCUT2D eigenvalue weighted by Crippen LogP contribution is -2.12. The van der Waals surface area contributed by atoms with Gasteiger partial charge in [-0.1, -0.05) is 41.6 Å². The van der Waals surface area contributed by atoms with E-state index in [1.807, 2.05) is 23.6 Å². The molecule has 0 atom stereocenters. The lowest BCUT2D eigenvalue weighted by Gasteiger charge is -2.05. The first-order valence-corrected chi connectivity index (χ1v) is 8.89. The van der Waals surface area contributed by atoms with Crippen molar-refractivity contribution in [1.29, 1.82) is 0 Å². The van der Waals surface area contributed by atoms with Crippen LogP contribution in [-0.4, -0.2) is 19.7 Å². The van der Waals surface area contributed by atoms with Gasteiger partial charge in [-0.3, -0.25) is 0 Å². The van der Waals surface area contributed by atoms with Gasteiger partial charge in [-0.15, -0.1) is 21.5 Å². The third-order valence-electron chi connectivity index (χ3n) is 3.09. The molecule has 10 heteroatoms. The van der Waals surface area contributed by atoms with E-state index in [1.54, 1.807) is 6.07 Å². The lowest BCUT2D eigenvalue weighted by molar-refractivity contribution is -0.147. The lowest BCUT2D eigenvalue weighted by atomic mass is 10.2. The molecule has 0 unspecified atom stereocenters. The normalized spacial score (nSPS) is 11.9. The van der Waals surface area contributed by atoms with Crippen molar-refractivity contribution in [3.63, 3.8) is 0 Å². The quantitative estimate of drug-likeness (QED) is 0.594. The number of alkyl halides is 3. The first-order chi connectivity index (χ1) is 11.4. The summed E-state index contributed by atoms with van der Waals surface area (Å²) in [5, 5.41) is 10.2.